The number of hydrogen-bond donors (Lipinski definition) is 2. The van der Waals surface area contributed by atoms with E-state index in [1.165, 1.54) is 31.2 Å². The van der Waals surface area contributed by atoms with Crippen LogP contribution in [-0.2, 0) is 6.42 Å². The quantitative estimate of drug-likeness (QED) is 0.629. The Hall–Kier alpha value is -0.860. The van der Waals surface area contributed by atoms with Crippen molar-refractivity contribution in [3.05, 3.63) is 35.4 Å². The van der Waals surface area contributed by atoms with Gasteiger partial charge in [-0.25, -0.2) is 0 Å². The van der Waals surface area contributed by atoms with Gasteiger partial charge in [0, 0.05) is 6.54 Å². The van der Waals surface area contributed by atoms with Gasteiger partial charge in [0.05, 0.1) is 6.10 Å². The second-order valence-electron chi connectivity index (χ2n) is 5.27. The van der Waals surface area contributed by atoms with Gasteiger partial charge < -0.3 is 10.4 Å². The molecule has 0 amide bonds. The third kappa shape index (κ3) is 6.74. The molecule has 0 heterocycles. The van der Waals surface area contributed by atoms with Crippen molar-refractivity contribution in [1.29, 1.82) is 0 Å². The fourth-order valence-corrected chi connectivity index (χ4v) is 2.20. The molecule has 0 aromatic heterocycles. The van der Waals surface area contributed by atoms with Crippen molar-refractivity contribution in [2.75, 3.05) is 13.1 Å². The highest BCUT2D eigenvalue weighted by Gasteiger charge is 2.06. The predicted molar refractivity (Wildman–Crippen MR) is 82.4 cm³/mol. The van der Waals surface area contributed by atoms with Crippen LogP contribution in [-0.4, -0.2) is 18.2 Å². The molecule has 0 fully saturated rings. The maximum absolute atomic E-state index is 10.0. The van der Waals surface area contributed by atoms with Gasteiger partial charge >= 0.3 is 0 Å². The van der Waals surface area contributed by atoms with Crippen molar-refractivity contribution in [2.24, 2.45) is 0 Å². The lowest BCUT2D eigenvalue weighted by atomic mass is 10.0. The van der Waals surface area contributed by atoms with Gasteiger partial charge in [0.2, 0.25) is 0 Å². The summed E-state index contributed by atoms with van der Waals surface area (Å²) in [5.74, 6) is 0. The molecule has 19 heavy (non-hydrogen) atoms. The van der Waals surface area contributed by atoms with Gasteiger partial charge in [0.15, 0.2) is 0 Å². The Balaban J connectivity index is 2.33. The highest BCUT2D eigenvalue weighted by atomic mass is 16.3. The van der Waals surface area contributed by atoms with Gasteiger partial charge in [-0.05, 0) is 36.9 Å². The van der Waals surface area contributed by atoms with Crippen LogP contribution in [0.1, 0.15) is 63.2 Å². The first-order chi connectivity index (χ1) is 9.27. The van der Waals surface area contributed by atoms with Gasteiger partial charge in [-0.3, -0.25) is 0 Å². The summed E-state index contributed by atoms with van der Waals surface area (Å²) >= 11 is 0. The second-order valence-corrected chi connectivity index (χ2v) is 5.27. The first kappa shape index (κ1) is 16.2. The number of hydrogen-bond acceptors (Lipinski definition) is 2. The largest absolute Gasteiger partial charge is 0.387 e. The van der Waals surface area contributed by atoms with Crippen LogP contribution in [0, 0.1) is 0 Å². The molecule has 108 valence electrons. The molecule has 0 spiro atoms. The van der Waals surface area contributed by atoms with Gasteiger partial charge in [0.25, 0.3) is 0 Å². The van der Waals surface area contributed by atoms with Crippen LogP contribution in [0.5, 0.6) is 0 Å². The lowest BCUT2D eigenvalue weighted by Gasteiger charge is -2.12. The van der Waals surface area contributed by atoms with E-state index in [1.54, 1.807) is 0 Å². The van der Waals surface area contributed by atoms with Crippen LogP contribution in [0.2, 0.25) is 0 Å². The van der Waals surface area contributed by atoms with E-state index in [-0.39, 0.29) is 6.10 Å². The summed E-state index contributed by atoms with van der Waals surface area (Å²) in [5, 5.41) is 13.3. The molecule has 0 aliphatic heterocycles. The van der Waals surface area contributed by atoms with Crippen molar-refractivity contribution in [3.63, 3.8) is 0 Å². The van der Waals surface area contributed by atoms with Crippen molar-refractivity contribution in [2.45, 2.75) is 58.5 Å². The van der Waals surface area contributed by atoms with Crippen LogP contribution < -0.4 is 5.32 Å². The minimum absolute atomic E-state index is 0.388. The average molecular weight is 263 g/mol. The highest BCUT2D eigenvalue weighted by molar-refractivity contribution is 5.24. The maximum Gasteiger partial charge on any atom is 0.0914 e. The standard InChI is InChI=1S/C17H29NO/c1-3-5-6-7-8-15-9-11-16(12-10-15)17(19)14-18-13-4-2/h9-12,17-19H,3-8,13-14H2,1-2H3. The summed E-state index contributed by atoms with van der Waals surface area (Å²) in [5.41, 5.74) is 2.40. The fourth-order valence-electron chi connectivity index (χ4n) is 2.20. The first-order valence-electron chi connectivity index (χ1n) is 7.75. The number of benzene rings is 1. The van der Waals surface area contributed by atoms with Gasteiger partial charge in [-0.2, -0.15) is 0 Å². The normalized spacial score (nSPS) is 12.6. The monoisotopic (exact) mass is 263 g/mol. The van der Waals surface area contributed by atoms with E-state index in [9.17, 15) is 5.11 Å². The van der Waals surface area contributed by atoms with E-state index in [0.29, 0.717) is 6.54 Å². The number of nitrogens with one attached hydrogen (secondary N) is 1. The van der Waals surface area contributed by atoms with E-state index in [1.807, 2.05) is 0 Å². The van der Waals surface area contributed by atoms with Crippen molar-refractivity contribution in [1.82, 2.24) is 5.32 Å². The number of rotatable bonds is 10. The molecule has 0 aliphatic carbocycles. The van der Waals surface area contributed by atoms with E-state index in [0.717, 1.165) is 24.9 Å². The van der Waals surface area contributed by atoms with E-state index in [4.69, 9.17) is 0 Å². The fraction of sp³-hybridized carbons (Fsp3) is 0.647. The summed E-state index contributed by atoms with van der Waals surface area (Å²) in [6.07, 6.45) is 7.08. The Kier molecular flexibility index (Phi) is 8.52. The molecule has 1 unspecified atom stereocenters. The van der Waals surface area contributed by atoms with Crippen LogP contribution in [0.3, 0.4) is 0 Å². The Labute approximate surface area is 118 Å². The minimum atomic E-state index is -0.388. The summed E-state index contributed by atoms with van der Waals surface area (Å²) in [6.45, 7) is 5.98. The minimum Gasteiger partial charge on any atom is -0.387 e. The number of unbranched alkanes of at least 4 members (excludes halogenated alkanes) is 3. The highest BCUT2D eigenvalue weighted by Crippen LogP contribution is 2.15. The summed E-state index contributed by atoms with van der Waals surface area (Å²) in [6, 6.07) is 8.44. The van der Waals surface area contributed by atoms with Crippen molar-refractivity contribution < 1.29 is 5.11 Å². The SMILES string of the molecule is CCCCCCc1ccc(C(O)CNCCC)cc1. The van der Waals surface area contributed by atoms with Gasteiger partial charge in [-0.15, -0.1) is 0 Å². The zero-order chi connectivity index (χ0) is 13.9. The van der Waals surface area contributed by atoms with Crippen molar-refractivity contribution in [3.8, 4) is 0 Å². The summed E-state index contributed by atoms with van der Waals surface area (Å²) in [7, 11) is 0. The molecule has 1 rings (SSSR count). The summed E-state index contributed by atoms with van der Waals surface area (Å²) in [4.78, 5) is 0. The molecule has 2 N–H and O–H groups in total. The molecule has 1 aromatic rings. The van der Waals surface area contributed by atoms with Crippen LogP contribution in [0.15, 0.2) is 24.3 Å². The van der Waals surface area contributed by atoms with Crippen LogP contribution >= 0.6 is 0 Å². The molecule has 0 saturated heterocycles. The molecule has 0 saturated carbocycles. The Morgan fingerprint density at radius 3 is 2.37 bits per heavy atom. The molecule has 2 nitrogen and oxygen atoms in total. The van der Waals surface area contributed by atoms with E-state index < -0.39 is 0 Å². The van der Waals surface area contributed by atoms with E-state index >= 15 is 0 Å². The van der Waals surface area contributed by atoms with Gasteiger partial charge in [0.1, 0.15) is 0 Å². The lowest BCUT2D eigenvalue weighted by Crippen LogP contribution is -2.22. The molecular weight excluding hydrogens is 234 g/mol. The third-order valence-corrected chi connectivity index (χ3v) is 3.45. The average Bonchev–Trinajstić information content (AvgIpc) is 2.44. The molecule has 1 aromatic carbocycles. The predicted octanol–water partition coefficient (Wildman–Crippen LogP) is 3.84. The zero-order valence-electron chi connectivity index (χ0n) is 12.5. The molecule has 2 heteroatoms. The molecular formula is C17H29NO. The zero-order valence-corrected chi connectivity index (χ0v) is 12.5. The number of aryl methyl sites for hydroxylation is 1. The smallest absolute Gasteiger partial charge is 0.0914 e. The van der Waals surface area contributed by atoms with Crippen LogP contribution in [0.25, 0.3) is 0 Å². The number of aliphatic hydroxyl groups excluding tert-OH is 1. The molecule has 0 aliphatic rings. The third-order valence-electron chi connectivity index (χ3n) is 3.45. The maximum atomic E-state index is 10.0. The molecule has 0 radical (unpaired) electrons. The Bertz CT molecular complexity index is 321. The van der Waals surface area contributed by atoms with Crippen LogP contribution in [0.4, 0.5) is 0 Å². The second kappa shape index (κ2) is 9.99. The topological polar surface area (TPSA) is 32.3 Å². The lowest BCUT2D eigenvalue weighted by molar-refractivity contribution is 0.175. The van der Waals surface area contributed by atoms with E-state index in [2.05, 4.69) is 43.4 Å². The van der Waals surface area contributed by atoms with Gasteiger partial charge in [-0.1, -0.05) is 57.4 Å². The Morgan fingerprint density at radius 1 is 1.00 bits per heavy atom. The first-order valence-corrected chi connectivity index (χ1v) is 7.75. The molecule has 1 atom stereocenters. The molecule has 0 bridgehead atoms. The Morgan fingerprint density at radius 2 is 1.74 bits per heavy atom. The van der Waals surface area contributed by atoms with Crippen molar-refractivity contribution >= 4 is 0 Å². The number of aliphatic hydroxyl groups is 1. The summed E-state index contributed by atoms with van der Waals surface area (Å²) < 4.78 is 0.